The molecule has 0 unspecified atom stereocenters. The number of phenolic OH excluding ortho intramolecular Hbond substituents is 1. The van der Waals surface area contributed by atoms with E-state index in [-0.39, 0.29) is 11.7 Å². The van der Waals surface area contributed by atoms with Gasteiger partial charge in [-0.15, -0.1) is 0 Å². The van der Waals surface area contributed by atoms with Gasteiger partial charge in [0.25, 0.3) is 0 Å². The molecule has 1 amide bonds. The Bertz CT molecular complexity index is 1050. The Balaban J connectivity index is 1.30. The SMILES string of the molecule is O=C(CCc1ncc(-c2ccc(Cl)cc2Cl)o1)N1CCN(c2cccc(O)c2)CC1. The van der Waals surface area contributed by atoms with Crippen molar-refractivity contribution in [1.82, 2.24) is 9.88 Å². The number of nitrogens with zero attached hydrogens (tertiary/aromatic N) is 3. The van der Waals surface area contributed by atoms with Gasteiger partial charge in [0.2, 0.25) is 5.91 Å². The number of piperazine rings is 1. The van der Waals surface area contributed by atoms with Crippen LogP contribution in [-0.2, 0) is 11.2 Å². The van der Waals surface area contributed by atoms with Gasteiger partial charge < -0.3 is 19.3 Å². The van der Waals surface area contributed by atoms with Crippen molar-refractivity contribution in [3.8, 4) is 17.1 Å². The molecule has 0 aliphatic carbocycles. The summed E-state index contributed by atoms with van der Waals surface area (Å²) in [6.07, 6.45) is 2.38. The summed E-state index contributed by atoms with van der Waals surface area (Å²) in [6.45, 7) is 2.75. The molecule has 6 nitrogen and oxygen atoms in total. The molecule has 4 rings (SSSR count). The van der Waals surface area contributed by atoms with E-state index in [1.807, 2.05) is 17.0 Å². The normalized spacial score (nSPS) is 14.2. The molecule has 30 heavy (non-hydrogen) atoms. The summed E-state index contributed by atoms with van der Waals surface area (Å²) >= 11 is 12.1. The fourth-order valence-corrected chi connectivity index (χ4v) is 4.02. The van der Waals surface area contributed by atoms with E-state index in [0.29, 0.717) is 53.2 Å². The number of benzene rings is 2. The van der Waals surface area contributed by atoms with Crippen LogP contribution in [0, 0.1) is 0 Å². The number of phenols is 1. The van der Waals surface area contributed by atoms with Crippen LogP contribution in [0.5, 0.6) is 5.75 Å². The number of halogens is 2. The summed E-state index contributed by atoms with van der Waals surface area (Å²) in [5.41, 5.74) is 1.68. The predicted molar refractivity (Wildman–Crippen MR) is 117 cm³/mol. The number of aromatic nitrogens is 1. The third-order valence-electron chi connectivity index (χ3n) is 5.13. The van der Waals surface area contributed by atoms with Gasteiger partial charge in [0.1, 0.15) is 5.75 Å². The number of aromatic hydroxyl groups is 1. The molecule has 1 N–H and O–H groups in total. The number of aryl methyl sites for hydroxylation is 1. The minimum absolute atomic E-state index is 0.0786. The molecule has 2 aromatic carbocycles. The molecule has 2 heterocycles. The maximum absolute atomic E-state index is 12.6. The standard InChI is InChI=1S/C22H21Cl2N3O3/c23-15-4-5-18(19(24)12-15)20-14-25-21(30-20)6-7-22(29)27-10-8-26(9-11-27)16-2-1-3-17(28)13-16/h1-5,12-14,28H,6-11H2. The first kappa shape index (κ1) is 20.6. The molecule has 1 aliphatic rings. The van der Waals surface area contributed by atoms with Crippen molar-refractivity contribution in [1.29, 1.82) is 0 Å². The molecule has 1 aromatic heterocycles. The largest absolute Gasteiger partial charge is 0.508 e. The number of hydrogen-bond donors (Lipinski definition) is 1. The Labute approximate surface area is 184 Å². The molecule has 156 valence electrons. The van der Waals surface area contributed by atoms with Gasteiger partial charge in [0.05, 0.1) is 11.2 Å². The number of hydrogen-bond acceptors (Lipinski definition) is 5. The second-order valence-electron chi connectivity index (χ2n) is 7.13. The van der Waals surface area contributed by atoms with Gasteiger partial charge in [-0.25, -0.2) is 4.98 Å². The molecule has 8 heteroatoms. The molecule has 0 bridgehead atoms. The first-order valence-electron chi connectivity index (χ1n) is 9.71. The third-order valence-corrected chi connectivity index (χ3v) is 5.68. The van der Waals surface area contributed by atoms with Crippen molar-refractivity contribution < 1.29 is 14.3 Å². The summed E-state index contributed by atoms with van der Waals surface area (Å²) in [5, 5.41) is 10.7. The van der Waals surface area contributed by atoms with Crippen molar-refractivity contribution in [2.45, 2.75) is 12.8 Å². The molecule has 0 radical (unpaired) electrons. The molecule has 3 aromatic rings. The van der Waals surface area contributed by atoms with Gasteiger partial charge >= 0.3 is 0 Å². The number of carbonyl (C=O) groups excluding carboxylic acids is 1. The van der Waals surface area contributed by atoms with Gasteiger partial charge in [0.15, 0.2) is 11.7 Å². The van der Waals surface area contributed by atoms with Crippen LogP contribution in [0.1, 0.15) is 12.3 Å². The third kappa shape index (κ3) is 4.71. The second kappa shape index (κ2) is 8.98. The van der Waals surface area contributed by atoms with Crippen LogP contribution in [0.2, 0.25) is 10.0 Å². The predicted octanol–water partition coefficient (Wildman–Crippen LogP) is 4.64. The lowest BCUT2D eigenvalue weighted by molar-refractivity contribution is -0.131. The molecule has 1 saturated heterocycles. The topological polar surface area (TPSA) is 69.8 Å². The van der Waals surface area contributed by atoms with Gasteiger partial charge in [-0.1, -0.05) is 29.3 Å². The summed E-state index contributed by atoms with van der Waals surface area (Å²) in [5.74, 6) is 1.38. The summed E-state index contributed by atoms with van der Waals surface area (Å²) in [7, 11) is 0. The fraction of sp³-hybridized carbons (Fsp3) is 0.273. The van der Waals surface area contributed by atoms with Crippen LogP contribution in [0.15, 0.2) is 53.1 Å². The minimum Gasteiger partial charge on any atom is -0.508 e. The average Bonchev–Trinajstić information content (AvgIpc) is 3.21. The Morgan fingerprint density at radius 1 is 1.10 bits per heavy atom. The van der Waals surface area contributed by atoms with Gasteiger partial charge in [0, 0.05) is 61.4 Å². The van der Waals surface area contributed by atoms with E-state index in [0.717, 1.165) is 18.8 Å². The zero-order valence-corrected chi connectivity index (χ0v) is 17.7. The number of anilines is 1. The highest BCUT2D eigenvalue weighted by Crippen LogP contribution is 2.31. The van der Waals surface area contributed by atoms with E-state index >= 15 is 0 Å². The van der Waals surface area contributed by atoms with Crippen LogP contribution in [-0.4, -0.2) is 47.1 Å². The zero-order chi connectivity index (χ0) is 21.1. The average molecular weight is 446 g/mol. The van der Waals surface area contributed by atoms with Crippen molar-refractivity contribution >= 4 is 34.8 Å². The lowest BCUT2D eigenvalue weighted by Gasteiger charge is -2.36. The van der Waals surface area contributed by atoms with Crippen LogP contribution in [0.3, 0.4) is 0 Å². The van der Waals surface area contributed by atoms with Crippen molar-refractivity contribution in [2.75, 3.05) is 31.1 Å². The van der Waals surface area contributed by atoms with Crippen molar-refractivity contribution in [3.05, 3.63) is 64.6 Å². The highest BCUT2D eigenvalue weighted by atomic mass is 35.5. The van der Waals surface area contributed by atoms with Gasteiger partial charge in [-0.05, 0) is 30.3 Å². The zero-order valence-electron chi connectivity index (χ0n) is 16.2. The monoisotopic (exact) mass is 445 g/mol. The van der Waals surface area contributed by atoms with Crippen LogP contribution >= 0.6 is 23.2 Å². The van der Waals surface area contributed by atoms with E-state index in [2.05, 4.69) is 9.88 Å². The van der Waals surface area contributed by atoms with E-state index in [1.54, 1.807) is 36.5 Å². The number of rotatable bonds is 5. The Kier molecular flexibility index (Phi) is 6.16. The number of oxazole rings is 1. The van der Waals surface area contributed by atoms with Crippen molar-refractivity contribution in [3.63, 3.8) is 0 Å². The van der Waals surface area contributed by atoms with E-state index in [4.69, 9.17) is 27.6 Å². The lowest BCUT2D eigenvalue weighted by atomic mass is 10.2. The molecule has 1 aliphatic heterocycles. The molecule has 0 spiro atoms. The van der Waals surface area contributed by atoms with Gasteiger partial charge in [-0.3, -0.25) is 4.79 Å². The quantitative estimate of drug-likeness (QED) is 0.619. The first-order valence-corrected chi connectivity index (χ1v) is 10.5. The first-order chi connectivity index (χ1) is 14.5. The van der Waals surface area contributed by atoms with Crippen LogP contribution in [0.25, 0.3) is 11.3 Å². The molecular formula is C22H21Cl2N3O3. The molecular weight excluding hydrogens is 425 g/mol. The Morgan fingerprint density at radius 3 is 2.63 bits per heavy atom. The van der Waals surface area contributed by atoms with E-state index in [1.165, 1.54) is 0 Å². The van der Waals surface area contributed by atoms with Crippen LogP contribution < -0.4 is 4.90 Å². The Hall–Kier alpha value is -2.70. The summed E-state index contributed by atoms with van der Waals surface area (Å²) in [6, 6.07) is 12.4. The van der Waals surface area contributed by atoms with Crippen LogP contribution in [0.4, 0.5) is 5.69 Å². The number of amides is 1. The maximum atomic E-state index is 12.6. The maximum Gasteiger partial charge on any atom is 0.223 e. The van der Waals surface area contributed by atoms with E-state index < -0.39 is 0 Å². The van der Waals surface area contributed by atoms with Gasteiger partial charge in [-0.2, -0.15) is 0 Å². The fourth-order valence-electron chi connectivity index (χ4n) is 3.52. The summed E-state index contributed by atoms with van der Waals surface area (Å²) in [4.78, 5) is 20.9. The smallest absolute Gasteiger partial charge is 0.223 e. The van der Waals surface area contributed by atoms with E-state index in [9.17, 15) is 9.90 Å². The highest BCUT2D eigenvalue weighted by Gasteiger charge is 2.22. The summed E-state index contributed by atoms with van der Waals surface area (Å²) < 4.78 is 5.77. The molecule has 1 fully saturated rings. The van der Waals surface area contributed by atoms with Crippen molar-refractivity contribution in [2.24, 2.45) is 0 Å². The Morgan fingerprint density at radius 2 is 1.90 bits per heavy atom. The number of carbonyl (C=O) groups is 1. The molecule has 0 saturated carbocycles. The molecule has 0 atom stereocenters. The minimum atomic E-state index is 0.0786. The second-order valence-corrected chi connectivity index (χ2v) is 7.97. The highest BCUT2D eigenvalue weighted by molar-refractivity contribution is 6.36. The lowest BCUT2D eigenvalue weighted by Crippen LogP contribution is -2.48.